The molecule has 1 aliphatic rings. The van der Waals surface area contributed by atoms with Crippen LogP contribution in [0.4, 0.5) is 0 Å². The third-order valence-corrected chi connectivity index (χ3v) is 3.78. The number of halogens is 1. The number of amides is 1. The number of benzene rings is 1. The topological polar surface area (TPSA) is 56.7 Å². The van der Waals surface area contributed by atoms with E-state index in [4.69, 9.17) is 0 Å². The molecule has 128 valence electrons. The van der Waals surface area contributed by atoms with Crippen LogP contribution in [-0.2, 0) is 4.79 Å². The smallest absolute Gasteiger partial charge is 0.243 e. The fourth-order valence-corrected chi connectivity index (χ4v) is 2.03. The van der Waals surface area contributed by atoms with Crippen LogP contribution < -0.4 is 10.6 Å². The lowest BCUT2D eigenvalue weighted by Gasteiger charge is -2.19. The highest BCUT2D eigenvalue weighted by Gasteiger charge is 2.21. The maximum Gasteiger partial charge on any atom is 0.243 e. The highest BCUT2D eigenvalue weighted by molar-refractivity contribution is 14.0. The van der Waals surface area contributed by atoms with E-state index >= 15 is 0 Å². The van der Waals surface area contributed by atoms with Gasteiger partial charge in [-0.2, -0.15) is 0 Å². The van der Waals surface area contributed by atoms with Crippen molar-refractivity contribution in [3.8, 4) is 0 Å². The Labute approximate surface area is 156 Å². The molecule has 1 atom stereocenters. The van der Waals surface area contributed by atoms with E-state index in [0.717, 1.165) is 12.5 Å². The van der Waals surface area contributed by atoms with Crippen molar-refractivity contribution in [1.29, 1.82) is 0 Å². The Morgan fingerprint density at radius 2 is 1.96 bits per heavy atom. The van der Waals surface area contributed by atoms with Crippen LogP contribution in [0.1, 0.15) is 31.4 Å². The Bertz CT molecular complexity index is 515. The van der Waals surface area contributed by atoms with Crippen LogP contribution in [0.15, 0.2) is 35.3 Å². The van der Waals surface area contributed by atoms with Gasteiger partial charge < -0.3 is 15.5 Å². The van der Waals surface area contributed by atoms with E-state index in [1.54, 1.807) is 19.0 Å². The summed E-state index contributed by atoms with van der Waals surface area (Å²) in [6, 6.07) is 10.4. The SMILES string of the molecule is CC(NC(=NCC(=O)N(C)C)NCC1CC1)c1ccccc1.I. The second-order valence-corrected chi connectivity index (χ2v) is 6.05. The van der Waals surface area contributed by atoms with Gasteiger partial charge in [-0.05, 0) is 31.2 Å². The molecule has 0 radical (unpaired) electrons. The van der Waals surface area contributed by atoms with Crippen LogP contribution in [0, 0.1) is 5.92 Å². The lowest BCUT2D eigenvalue weighted by molar-refractivity contribution is -0.127. The molecule has 1 aromatic rings. The monoisotopic (exact) mass is 430 g/mol. The van der Waals surface area contributed by atoms with Crippen molar-refractivity contribution in [3.05, 3.63) is 35.9 Å². The Kier molecular flexibility index (Phi) is 8.36. The average molecular weight is 430 g/mol. The van der Waals surface area contributed by atoms with Gasteiger partial charge in [-0.1, -0.05) is 30.3 Å². The lowest BCUT2D eigenvalue weighted by atomic mass is 10.1. The maximum atomic E-state index is 11.7. The van der Waals surface area contributed by atoms with Gasteiger partial charge in [0.1, 0.15) is 6.54 Å². The molecule has 2 N–H and O–H groups in total. The summed E-state index contributed by atoms with van der Waals surface area (Å²) in [7, 11) is 3.49. The van der Waals surface area contributed by atoms with E-state index in [9.17, 15) is 4.79 Å². The lowest BCUT2D eigenvalue weighted by Crippen LogP contribution is -2.40. The van der Waals surface area contributed by atoms with Crippen LogP contribution in [-0.4, -0.2) is 44.0 Å². The highest BCUT2D eigenvalue weighted by atomic mass is 127. The Hall–Kier alpha value is -1.31. The first-order valence-corrected chi connectivity index (χ1v) is 7.86. The number of aliphatic imine (C=N–C) groups is 1. The van der Waals surface area contributed by atoms with E-state index in [1.165, 1.54) is 18.4 Å². The molecule has 6 heteroatoms. The molecular weight excluding hydrogens is 403 g/mol. The number of hydrogen-bond acceptors (Lipinski definition) is 2. The number of rotatable bonds is 6. The van der Waals surface area contributed by atoms with Crippen LogP contribution in [0.3, 0.4) is 0 Å². The zero-order chi connectivity index (χ0) is 15.9. The average Bonchev–Trinajstić information content (AvgIpc) is 3.34. The third-order valence-electron chi connectivity index (χ3n) is 3.78. The van der Waals surface area contributed by atoms with Crippen molar-refractivity contribution in [3.63, 3.8) is 0 Å². The molecule has 5 nitrogen and oxygen atoms in total. The molecule has 0 bridgehead atoms. The van der Waals surface area contributed by atoms with Crippen molar-refractivity contribution >= 4 is 35.8 Å². The first-order chi connectivity index (χ1) is 10.6. The summed E-state index contributed by atoms with van der Waals surface area (Å²) < 4.78 is 0. The highest BCUT2D eigenvalue weighted by Crippen LogP contribution is 2.27. The summed E-state index contributed by atoms with van der Waals surface area (Å²) in [5.41, 5.74) is 1.20. The van der Waals surface area contributed by atoms with Gasteiger partial charge in [-0.15, -0.1) is 24.0 Å². The minimum atomic E-state index is -0.000105. The zero-order valence-electron chi connectivity index (χ0n) is 14.1. The molecule has 1 aliphatic carbocycles. The van der Waals surface area contributed by atoms with Gasteiger partial charge in [0.15, 0.2) is 5.96 Å². The number of hydrogen-bond donors (Lipinski definition) is 2. The molecule has 0 saturated heterocycles. The van der Waals surface area contributed by atoms with E-state index in [-0.39, 0.29) is 42.5 Å². The molecule has 1 fully saturated rings. The summed E-state index contributed by atoms with van der Waals surface area (Å²) in [4.78, 5) is 17.7. The number of nitrogens with one attached hydrogen (secondary N) is 2. The molecule has 0 aromatic heterocycles. The molecule has 0 spiro atoms. The van der Waals surface area contributed by atoms with E-state index in [0.29, 0.717) is 5.96 Å². The van der Waals surface area contributed by atoms with Crippen molar-refractivity contribution in [2.45, 2.75) is 25.8 Å². The van der Waals surface area contributed by atoms with Gasteiger partial charge in [0, 0.05) is 20.6 Å². The summed E-state index contributed by atoms with van der Waals surface area (Å²) in [5, 5.41) is 6.72. The standard InChI is InChI=1S/C17H26N4O.HI/c1-13(15-7-5-4-6-8-15)20-17(18-11-14-9-10-14)19-12-16(22)21(2)3;/h4-8,13-14H,9-12H2,1-3H3,(H2,18,19,20);1H. The molecular formula is C17H27IN4O. The molecule has 0 aliphatic heterocycles. The normalized spacial score (nSPS) is 15.3. The minimum Gasteiger partial charge on any atom is -0.356 e. The minimum absolute atomic E-state index is 0. The third kappa shape index (κ3) is 7.20. The van der Waals surface area contributed by atoms with Gasteiger partial charge in [0.25, 0.3) is 0 Å². The van der Waals surface area contributed by atoms with Gasteiger partial charge in [0.05, 0.1) is 6.04 Å². The fraction of sp³-hybridized carbons (Fsp3) is 0.529. The van der Waals surface area contributed by atoms with Crippen LogP contribution in [0.5, 0.6) is 0 Å². The van der Waals surface area contributed by atoms with Crippen LogP contribution in [0.2, 0.25) is 0 Å². The molecule has 1 unspecified atom stereocenters. The zero-order valence-corrected chi connectivity index (χ0v) is 16.4. The molecule has 1 saturated carbocycles. The number of carbonyl (C=O) groups is 1. The van der Waals surface area contributed by atoms with Crippen molar-refractivity contribution in [2.75, 3.05) is 27.2 Å². The van der Waals surface area contributed by atoms with Gasteiger partial charge in [0.2, 0.25) is 5.91 Å². The second-order valence-electron chi connectivity index (χ2n) is 6.05. The molecule has 1 amide bonds. The maximum absolute atomic E-state index is 11.7. The molecule has 2 rings (SSSR count). The van der Waals surface area contributed by atoms with E-state index in [1.807, 2.05) is 18.2 Å². The Morgan fingerprint density at radius 3 is 2.52 bits per heavy atom. The summed E-state index contributed by atoms with van der Waals surface area (Å²) in [6.07, 6.45) is 2.57. The number of carbonyl (C=O) groups excluding carboxylic acids is 1. The Balaban J connectivity index is 0.00000264. The predicted molar refractivity (Wildman–Crippen MR) is 105 cm³/mol. The van der Waals surface area contributed by atoms with Crippen LogP contribution in [0.25, 0.3) is 0 Å². The van der Waals surface area contributed by atoms with Gasteiger partial charge in [-0.25, -0.2) is 4.99 Å². The second kappa shape index (κ2) is 9.75. The molecule has 23 heavy (non-hydrogen) atoms. The van der Waals surface area contributed by atoms with Crippen LogP contribution >= 0.6 is 24.0 Å². The van der Waals surface area contributed by atoms with Crippen molar-refractivity contribution < 1.29 is 4.79 Å². The first kappa shape index (κ1) is 19.7. The van der Waals surface area contributed by atoms with Crippen molar-refractivity contribution in [1.82, 2.24) is 15.5 Å². The summed E-state index contributed by atoms with van der Waals surface area (Å²) in [6.45, 7) is 3.18. The quantitative estimate of drug-likeness (QED) is 0.414. The van der Waals surface area contributed by atoms with Gasteiger partial charge in [-0.3, -0.25) is 4.79 Å². The predicted octanol–water partition coefficient (Wildman–Crippen LogP) is 2.40. The molecule has 1 aromatic carbocycles. The molecule has 0 heterocycles. The summed E-state index contributed by atoms with van der Waals surface area (Å²) >= 11 is 0. The van der Waals surface area contributed by atoms with E-state index < -0.39 is 0 Å². The van der Waals surface area contributed by atoms with E-state index in [2.05, 4.69) is 34.7 Å². The summed E-state index contributed by atoms with van der Waals surface area (Å²) in [5.74, 6) is 1.46. The largest absolute Gasteiger partial charge is 0.356 e. The first-order valence-electron chi connectivity index (χ1n) is 7.86. The number of likely N-dealkylation sites (N-methyl/N-ethyl adjacent to an activating group) is 1. The Morgan fingerprint density at radius 1 is 1.30 bits per heavy atom. The fourth-order valence-electron chi connectivity index (χ4n) is 2.03. The van der Waals surface area contributed by atoms with Gasteiger partial charge >= 0.3 is 0 Å². The number of guanidine groups is 1. The van der Waals surface area contributed by atoms with Crippen molar-refractivity contribution in [2.24, 2.45) is 10.9 Å². The number of nitrogens with zero attached hydrogens (tertiary/aromatic N) is 2.